The third kappa shape index (κ3) is 4.42. The van der Waals surface area contributed by atoms with Crippen LogP contribution in [-0.4, -0.2) is 65.4 Å². The van der Waals surface area contributed by atoms with Crippen LogP contribution in [0.3, 0.4) is 0 Å². The Bertz CT molecular complexity index is 988. The van der Waals surface area contributed by atoms with Crippen LogP contribution in [0.4, 0.5) is 23.7 Å². The fourth-order valence-electron chi connectivity index (χ4n) is 3.60. The Balaban J connectivity index is 1.36. The van der Waals surface area contributed by atoms with Gasteiger partial charge in [-0.2, -0.15) is 13.2 Å². The number of hydrogen-bond donors (Lipinski definition) is 0. The molecule has 0 atom stereocenters. The standard InChI is InChI=1S/C20H19F3N4O3S/c21-20(22,23)14-3-1-4-15(11-14)25-8-6-24(7-9-25)13-27-18(29)17(28)26(19(27)30)12-16-5-2-10-31-16/h1-5,10-11H,6-9,12-13H2. The summed E-state index contributed by atoms with van der Waals surface area (Å²) in [5.74, 6) is -1.71. The van der Waals surface area contributed by atoms with Gasteiger partial charge in [0.1, 0.15) is 0 Å². The summed E-state index contributed by atoms with van der Waals surface area (Å²) in [5, 5.41) is 1.82. The van der Waals surface area contributed by atoms with Gasteiger partial charge in [-0.1, -0.05) is 12.1 Å². The summed E-state index contributed by atoms with van der Waals surface area (Å²) < 4.78 is 38.9. The molecule has 11 heteroatoms. The second kappa shape index (κ2) is 8.31. The van der Waals surface area contributed by atoms with Crippen LogP contribution in [0.5, 0.6) is 0 Å². The van der Waals surface area contributed by atoms with E-state index in [1.54, 1.807) is 18.2 Å². The summed E-state index contributed by atoms with van der Waals surface area (Å²) in [6, 6.07) is 8.08. The van der Waals surface area contributed by atoms with Gasteiger partial charge in [-0.15, -0.1) is 11.3 Å². The first-order valence-corrected chi connectivity index (χ1v) is 10.5. The number of benzene rings is 1. The van der Waals surface area contributed by atoms with Crippen molar-refractivity contribution in [3.63, 3.8) is 0 Å². The zero-order chi connectivity index (χ0) is 22.2. The molecule has 0 radical (unpaired) electrons. The second-order valence-electron chi connectivity index (χ2n) is 7.28. The lowest BCUT2D eigenvalue weighted by atomic mass is 10.1. The van der Waals surface area contributed by atoms with E-state index >= 15 is 0 Å². The molecular formula is C20H19F3N4O3S. The van der Waals surface area contributed by atoms with E-state index in [2.05, 4.69) is 0 Å². The van der Waals surface area contributed by atoms with Crippen molar-refractivity contribution >= 4 is 34.9 Å². The number of halogens is 3. The third-order valence-corrected chi connectivity index (χ3v) is 6.14. The molecule has 1 aromatic heterocycles. The molecule has 4 rings (SSSR count). The van der Waals surface area contributed by atoms with Crippen LogP contribution in [-0.2, 0) is 22.3 Å². The summed E-state index contributed by atoms with van der Waals surface area (Å²) in [7, 11) is 0. The van der Waals surface area contributed by atoms with Crippen LogP contribution in [0.25, 0.3) is 0 Å². The number of anilines is 1. The molecule has 3 heterocycles. The largest absolute Gasteiger partial charge is 0.416 e. The predicted octanol–water partition coefficient (Wildman–Crippen LogP) is 2.84. The van der Waals surface area contributed by atoms with Gasteiger partial charge in [0.2, 0.25) is 0 Å². The molecule has 0 aliphatic carbocycles. The Morgan fingerprint density at radius 1 is 0.903 bits per heavy atom. The van der Waals surface area contributed by atoms with Gasteiger partial charge in [0.15, 0.2) is 0 Å². The van der Waals surface area contributed by atoms with Crippen molar-refractivity contribution in [1.82, 2.24) is 14.7 Å². The number of urea groups is 1. The van der Waals surface area contributed by atoms with Crippen molar-refractivity contribution in [3.05, 3.63) is 52.2 Å². The molecule has 2 aliphatic heterocycles. The van der Waals surface area contributed by atoms with Gasteiger partial charge in [-0.25, -0.2) is 9.69 Å². The number of carbonyl (C=O) groups is 3. The SMILES string of the molecule is O=C1C(=O)N(CN2CCN(c3cccc(C(F)(F)F)c3)CC2)C(=O)N1Cc1cccs1. The maximum absolute atomic E-state index is 13.0. The van der Waals surface area contributed by atoms with Crippen molar-refractivity contribution in [1.29, 1.82) is 0 Å². The maximum Gasteiger partial charge on any atom is 0.416 e. The number of alkyl halides is 3. The first kappa shape index (κ1) is 21.3. The number of hydrogen-bond acceptors (Lipinski definition) is 6. The van der Waals surface area contributed by atoms with E-state index in [1.807, 2.05) is 15.2 Å². The van der Waals surface area contributed by atoms with Gasteiger partial charge in [0.05, 0.1) is 18.8 Å². The van der Waals surface area contributed by atoms with Crippen LogP contribution >= 0.6 is 11.3 Å². The summed E-state index contributed by atoms with van der Waals surface area (Å²) in [6.07, 6.45) is -4.41. The number of piperazine rings is 1. The zero-order valence-electron chi connectivity index (χ0n) is 16.3. The Labute approximate surface area is 180 Å². The highest BCUT2D eigenvalue weighted by Crippen LogP contribution is 2.32. The monoisotopic (exact) mass is 452 g/mol. The second-order valence-corrected chi connectivity index (χ2v) is 8.31. The van der Waals surface area contributed by atoms with E-state index in [1.165, 1.54) is 17.4 Å². The molecule has 2 aromatic rings. The first-order valence-electron chi connectivity index (χ1n) is 9.58. The Hall–Kier alpha value is -2.92. The van der Waals surface area contributed by atoms with E-state index in [0.29, 0.717) is 31.9 Å². The predicted molar refractivity (Wildman–Crippen MR) is 107 cm³/mol. The van der Waals surface area contributed by atoms with Crippen molar-refractivity contribution in [2.45, 2.75) is 12.7 Å². The summed E-state index contributed by atoms with van der Waals surface area (Å²) in [5.41, 5.74) is -0.231. The third-order valence-electron chi connectivity index (χ3n) is 5.28. The van der Waals surface area contributed by atoms with Crippen molar-refractivity contribution in [2.24, 2.45) is 0 Å². The minimum absolute atomic E-state index is 0.0270. The smallest absolute Gasteiger partial charge is 0.369 e. The quantitative estimate of drug-likeness (QED) is 0.516. The van der Waals surface area contributed by atoms with Crippen molar-refractivity contribution in [2.75, 3.05) is 37.7 Å². The summed E-state index contributed by atoms with van der Waals surface area (Å²) in [6.45, 7) is 1.77. The van der Waals surface area contributed by atoms with E-state index < -0.39 is 29.6 Å². The number of nitrogens with zero attached hydrogens (tertiary/aromatic N) is 4. The normalized spacial score (nSPS) is 18.4. The Morgan fingerprint density at radius 3 is 2.26 bits per heavy atom. The van der Waals surface area contributed by atoms with Crippen LogP contribution in [0.15, 0.2) is 41.8 Å². The molecule has 31 heavy (non-hydrogen) atoms. The van der Waals surface area contributed by atoms with Crippen LogP contribution in [0.1, 0.15) is 10.4 Å². The minimum Gasteiger partial charge on any atom is -0.369 e. The molecule has 2 aliphatic rings. The minimum atomic E-state index is -4.41. The van der Waals surface area contributed by atoms with E-state index in [-0.39, 0.29) is 13.2 Å². The van der Waals surface area contributed by atoms with E-state index in [9.17, 15) is 27.6 Å². The lowest BCUT2D eigenvalue weighted by Crippen LogP contribution is -2.51. The summed E-state index contributed by atoms with van der Waals surface area (Å²) in [4.78, 5) is 43.5. The number of carbonyl (C=O) groups excluding carboxylic acids is 3. The van der Waals surface area contributed by atoms with Crippen LogP contribution < -0.4 is 4.90 Å². The lowest BCUT2D eigenvalue weighted by Gasteiger charge is -2.37. The number of amides is 4. The fourth-order valence-corrected chi connectivity index (χ4v) is 4.29. The molecule has 0 unspecified atom stereocenters. The number of thiophene rings is 1. The van der Waals surface area contributed by atoms with E-state index in [4.69, 9.17) is 0 Å². The molecular weight excluding hydrogens is 433 g/mol. The molecule has 0 saturated carbocycles. The van der Waals surface area contributed by atoms with Crippen molar-refractivity contribution < 1.29 is 27.6 Å². The molecule has 0 spiro atoms. The van der Waals surface area contributed by atoms with Gasteiger partial charge in [-0.05, 0) is 29.6 Å². The van der Waals surface area contributed by atoms with Gasteiger partial charge in [-0.3, -0.25) is 19.4 Å². The first-order chi connectivity index (χ1) is 14.7. The molecule has 2 fully saturated rings. The van der Waals surface area contributed by atoms with Gasteiger partial charge >= 0.3 is 24.0 Å². The average molecular weight is 452 g/mol. The highest BCUT2D eigenvalue weighted by atomic mass is 32.1. The average Bonchev–Trinajstić information content (AvgIpc) is 3.33. The topological polar surface area (TPSA) is 64.2 Å². The lowest BCUT2D eigenvalue weighted by molar-refractivity contribution is -0.144. The Kier molecular flexibility index (Phi) is 5.71. The zero-order valence-corrected chi connectivity index (χ0v) is 17.2. The van der Waals surface area contributed by atoms with Crippen LogP contribution in [0, 0.1) is 0 Å². The Morgan fingerprint density at radius 2 is 1.61 bits per heavy atom. The fraction of sp³-hybridized carbons (Fsp3) is 0.350. The van der Waals surface area contributed by atoms with Crippen molar-refractivity contribution in [3.8, 4) is 0 Å². The molecule has 1 aromatic carbocycles. The van der Waals surface area contributed by atoms with Crippen LogP contribution in [0.2, 0.25) is 0 Å². The molecule has 0 N–H and O–H groups in total. The maximum atomic E-state index is 13.0. The van der Waals surface area contributed by atoms with Gasteiger partial charge in [0, 0.05) is 36.7 Å². The van der Waals surface area contributed by atoms with Gasteiger partial charge < -0.3 is 4.90 Å². The molecule has 164 valence electrons. The summed E-state index contributed by atoms with van der Waals surface area (Å²) >= 11 is 1.39. The molecule has 0 bridgehead atoms. The molecule has 4 amide bonds. The molecule has 7 nitrogen and oxygen atoms in total. The van der Waals surface area contributed by atoms with E-state index in [0.717, 1.165) is 26.8 Å². The highest BCUT2D eigenvalue weighted by molar-refractivity contribution is 7.09. The number of rotatable bonds is 5. The molecule has 2 saturated heterocycles. The highest BCUT2D eigenvalue weighted by Gasteiger charge is 2.45. The number of imide groups is 2. The van der Waals surface area contributed by atoms with Gasteiger partial charge in [0.25, 0.3) is 0 Å².